The van der Waals surface area contributed by atoms with Gasteiger partial charge in [-0.05, 0) is 60.2 Å². The normalized spacial score (nSPS) is 29.0. The van der Waals surface area contributed by atoms with E-state index in [-0.39, 0.29) is 13.2 Å². The Kier molecular flexibility index (Phi) is 34.1. The average Bonchev–Trinajstić information content (AvgIpc) is 3.28. The van der Waals surface area contributed by atoms with E-state index in [0.717, 1.165) is 54.8 Å². The van der Waals surface area contributed by atoms with Gasteiger partial charge in [0, 0.05) is 13.2 Å². The Morgan fingerprint density at radius 2 is 0.735 bits per heavy atom. The number of hydrogen-bond donors (Lipinski definition) is 7. The van der Waals surface area contributed by atoms with Crippen LogP contribution in [0.4, 0.5) is 0 Å². The molecule has 7 N–H and O–H groups in total. The van der Waals surface area contributed by atoms with Crippen molar-refractivity contribution in [3.05, 3.63) is 0 Å². The van der Waals surface area contributed by atoms with E-state index in [1.54, 1.807) is 0 Å². The van der Waals surface area contributed by atoms with Crippen LogP contribution < -0.4 is 0 Å². The third-order valence-corrected chi connectivity index (χ3v) is 14.9. The Morgan fingerprint density at radius 1 is 0.382 bits per heavy atom. The summed E-state index contributed by atoms with van der Waals surface area (Å²) in [7, 11) is 0. The summed E-state index contributed by atoms with van der Waals surface area (Å²) < 4.78 is 35.5. The van der Waals surface area contributed by atoms with Crippen LogP contribution in [-0.2, 0) is 28.4 Å². The Balaban J connectivity index is 1.86. The van der Waals surface area contributed by atoms with Crippen LogP contribution in [0.15, 0.2) is 0 Å². The lowest BCUT2D eigenvalue weighted by Crippen LogP contribution is -2.61. The summed E-state index contributed by atoms with van der Waals surface area (Å²) in [5.74, 6) is 5.74. The van der Waals surface area contributed by atoms with Crippen LogP contribution in [0.3, 0.4) is 0 Å². The summed E-state index contributed by atoms with van der Waals surface area (Å²) in [6, 6.07) is 0. The zero-order valence-corrected chi connectivity index (χ0v) is 44.9. The number of hydrogen-bond acceptors (Lipinski definition) is 13. The molecule has 0 aromatic carbocycles. The molecule has 2 fully saturated rings. The second kappa shape index (κ2) is 36.4. The van der Waals surface area contributed by atoms with Crippen LogP contribution >= 0.6 is 0 Å². The van der Waals surface area contributed by atoms with Crippen LogP contribution in [-0.4, -0.2) is 143 Å². The molecular weight excluding hydrogens is 869 g/mol. The highest BCUT2D eigenvalue weighted by Crippen LogP contribution is 2.28. The van der Waals surface area contributed by atoms with E-state index in [2.05, 4.69) is 69.2 Å². The standard InChI is InChI=1S/C55H108O13/c1-37(2)17-11-19-39(5)21-13-23-41(7)25-15-27-43(9)29-31-63-34-45(64-32-30-44(10)28-16-26-42(8)24-14-22-40(6)20-12-18-38(3)4)35-65-54-53(62)51(60)49(58)47(68-54)36-66-55-52(61)50(59)48(57)46(33-56)67-55/h37-62H,11-36H2,1-10H3/t39-,40-,41-,42-,43-,44-,45-,46-,47-,48-,49-,50+,51+,52-,53-,54-,55+/m1/s1. The molecule has 0 bridgehead atoms. The molecule has 0 amide bonds. The zero-order chi connectivity index (χ0) is 50.6. The Labute approximate surface area is 415 Å². The third kappa shape index (κ3) is 27.0. The Morgan fingerprint density at radius 3 is 1.15 bits per heavy atom. The van der Waals surface area contributed by atoms with Crippen molar-refractivity contribution in [2.45, 2.75) is 265 Å². The minimum Gasteiger partial charge on any atom is -0.394 e. The lowest BCUT2D eigenvalue weighted by Gasteiger charge is -2.42. The largest absolute Gasteiger partial charge is 0.394 e. The van der Waals surface area contributed by atoms with E-state index in [1.807, 2.05) is 0 Å². The molecule has 0 spiro atoms. The van der Waals surface area contributed by atoms with E-state index in [4.69, 9.17) is 28.4 Å². The molecule has 17 atom stereocenters. The number of ether oxygens (including phenoxy) is 6. The van der Waals surface area contributed by atoms with Crippen molar-refractivity contribution in [3.63, 3.8) is 0 Å². The molecule has 2 aliphatic heterocycles. The van der Waals surface area contributed by atoms with Crippen molar-refractivity contribution in [3.8, 4) is 0 Å². The van der Waals surface area contributed by atoms with Crippen molar-refractivity contribution >= 4 is 0 Å². The SMILES string of the molecule is CC(C)CCC[C@@H](C)CCC[C@@H](C)CCC[C@@H](C)CCOC[C@H](CO[C@@H]1O[C@H](CO[C@H]2O[C@H](CO)[C@@H](O)[C@H](O)[C@H]2O)[C@@H](O)[C@H](O)[C@H]1O)OCC[C@H](C)CCC[C@H](C)CCC[C@H](C)CCCC(C)C. The molecule has 0 aromatic heterocycles. The number of aliphatic hydroxyl groups is 7. The molecule has 406 valence electrons. The first-order valence-corrected chi connectivity index (χ1v) is 27.7. The Hall–Kier alpha value is -0.520. The van der Waals surface area contributed by atoms with Gasteiger partial charge in [0.2, 0.25) is 0 Å². The van der Waals surface area contributed by atoms with Gasteiger partial charge in [0.15, 0.2) is 12.6 Å². The minimum absolute atomic E-state index is 0.00274. The average molecular weight is 977 g/mol. The quantitative estimate of drug-likeness (QED) is 0.0288. The lowest BCUT2D eigenvalue weighted by molar-refractivity contribution is -0.333. The zero-order valence-electron chi connectivity index (χ0n) is 44.9. The number of aliphatic hydroxyl groups excluding tert-OH is 7. The highest BCUT2D eigenvalue weighted by molar-refractivity contribution is 4.92. The second-order valence-electron chi connectivity index (χ2n) is 23.0. The molecule has 0 saturated carbocycles. The molecule has 0 radical (unpaired) electrons. The lowest BCUT2D eigenvalue weighted by atomic mass is 9.91. The smallest absolute Gasteiger partial charge is 0.186 e. The maximum absolute atomic E-state index is 10.9. The maximum atomic E-state index is 10.9. The fourth-order valence-corrected chi connectivity index (χ4v) is 9.74. The molecule has 2 aliphatic rings. The summed E-state index contributed by atoms with van der Waals surface area (Å²) in [6.45, 7) is 23.7. The van der Waals surface area contributed by atoms with Crippen LogP contribution in [0.25, 0.3) is 0 Å². The first-order valence-electron chi connectivity index (χ1n) is 27.7. The molecule has 2 heterocycles. The monoisotopic (exact) mass is 977 g/mol. The van der Waals surface area contributed by atoms with Crippen molar-refractivity contribution < 1.29 is 64.2 Å². The predicted octanol–water partition coefficient (Wildman–Crippen LogP) is 8.96. The third-order valence-electron chi connectivity index (χ3n) is 14.9. The van der Waals surface area contributed by atoms with Crippen molar-refractivity contribution in [2.24, 2.45) is 47.3 Å². The van der Waals surface area contributed by atoms with Crippen LogP contribution in [0.5, 0.6) is 0 Å². The molecule has 2 saturated heterocycles. The van der Waals surface area contributed by atoms with E-state index in [1.165, 1.54) is 109 Å². The first kappa shape index (κ1) is 63.6. The fraction of sp³-hybridized carbons (Fsp3) is 1.00. The predicted molar refractivity (Wildman–Crippen MR) is 270 cm³/mol. The van der Waals surface area contributed by atoms with E-state index in [0.29, 0.717) is 25.0 Å². The Bertz CT molecular complexity index is 1190. The van der Waals surface area contributed by atoms with Gasteiger partial charge in [0.1, 0.15) is 54.9 Å². The summed E-state index contributed by atoms with van der Waals surface area (Å²) >= 11 is 0. The van der Waals surface area contributed by atoms with Crippen LogP contribution in [0, 0.1) is 47.3 Å². The van der Waals surface area contributed by atoms with Gasteiger partial charge in [-0.3, -0.25) is 0 Å². The molecule has 13 nitrogen and oxygen atoms in total. The molecular formula is C55H108O13. The maximum Gasteiger partial charge on any atom is 0.186 e. The van der Waals surface area contributed by atoms with Crippen molar-refractivity contribution in [1.82, 2.24) is 0 Å². The first-order chi connectivity index (χ1) is 32.3. The van der Waals surface area contributed by atoms with E-state index >= 15 is 0 Å². The fourth-order valence-electron chi connectivity index (χ4n) is 9.74. The van der Waals surface area contributed by atoms with Crippen molar-refractivity contribution in [1.29, 1.82) is 0 Å². The van der Waals surface area contributed by atoms with Crippen molar-refractivity contribution in [2.75, 3.05) is 39.6 Å². The summed E-state index contributed by atoms with van der Waals surface area (Å²) in [5.41, 5.74) is 0. The molecule has 68 heavy (non-hydrogen) atoms. The topological polar surface area (TPSA) is 197 Å². The van der Waals surface area contributed by atoms with Crippen LogP contribution in [0.2, 0.25) is 0 Å². The van der Waals surface area contributed by atoms with Gasteiger partial charge in [-0.25, -0.2) is 0 Å². The molecule has 0 aliphatic carbocycles. The minimum atomic E-state index is -1.65. The molecule has 2 rings (SSSR count). The highest BCUT2D eigenvalue weighted by atomic mass is 16.7. The summed E-state index contributed by atoms with van der Waals surface area (Å²) in [4.78, 5) is 0. The van der Waals surface area contributed by atoms with Crippen LogP contribution in [0.1, 0.15) is 198 Å². The highest BCUT2D eigenvalue weighted by Gasteiger charge is 2.47. The van der Waals surface area contributed by atoms with Gasteiger partial charge in [-0.2, -0.15) is 0 Å². The summed E-state index contributed by atoms with van der Waals surface area (Å²) in [6.07, 6.45) is 9.68. The van der Waals surface area contributed by atoms with Gasteiger partial charge in [0.25, 0.3) is 0 Å². The number of rotatable bonds is 40. The second-order valence-corrected chi connectivity index (χ2v) is 23.0. The van der Waals surface area contributed by atoms with Gasteiger partial charge in [-0.1, -0.05) is 185 Å². The van der Waals surface area contributed by atoms with Gasteiger partial charge in [0.05, 0.1) is 26.4 Å². The van der Waals surface area contributed by atoms with E-state index in [9.17, 15) is 35.7 Å². The molecule has 0 aromatic rings. The van der Waals surface area contributed by atoms with Gasteiger partial charge >= 0.3 is 0 Å². The summed E-state index contributed by atoms with van der Waals surface area (Å²) in [5, 5.41) is 72.7. The van der Waals surface area contributed by atoms with Gasteiger partial charge < -0.3 is 64.2 Å². The molecule has 0 unspecified atom stereocenters. The van der Waals surface area contributed by atoms with E-state index < -0.39 is 80.7 Å². The van der Waals surface area contributed by atoms with Gasteiger partial charge in [-0.15, -0.1) is 0 Å². The molecule has 13 heteroatoms.